The molecule has 2 fully saturated rings. The summed E-state index contributed by atoms with van der Waals surface area (Å²) in [5, 5.41) is 7.07. The van der Waals surface area contributed by atoms with Crippen LogP contribution in [-0.4, -0.2) is 71.6 Å². The van der Waals surface area contributed by atoms with Crippen molar-refractivity contribution in [3.63, 3.8) is 0 Å². The maximum Gasteiger partial charge on any atom is 0.263 e. The fourth-order valence-corrected chi connectivity index (χ4v) is 6.00. The molecule has 1 aromatic heterocycles. The van der Waals surface area contributed by atoms with E-state index in [4.69, 9.17) is 27.9 Å². The molecule has 2 aromatic rings. The highest BCUT2D eigenvalue weighted by molar-refractivity contribution is 6.35. The quantitative estimate of drug-likeness (QED) is 0.395. The van der Waals surface area contributed by atoms with Gasteiger partial charge in [-0.3, -0.25) is 9.59 Å². The lowest BCUT2D eigenvalue weighted by Gasteiger charge is -2.40. The topological polar surface area (TPSA) is 86.8 Å². The zero-order valence-corrected chi connectivity index (χ0v) is 24.7. The third-order valence-electron chi connectivity index (χ3n) is 7.76. The van der Waals surface area contributed by atoms with Gasteiger partial charge in [0.15, 0.2) is 5.60 Å². The van der Waals surface area contributed by atoms with Gasteiger partial charge in [-0.05, 0) is 83.0 Å². The van der Waals surface area contributed by atoms with Crippen LogP contribution in [0.4, 0.5) is 5.82 Å². The van der Waals surface area contributed by atoms with E-state index >= 15 is 0 Å². The fraction of sp³-hybridized carbons (Fsp3) is 0.552. The van der Waals surface area contributed by atoms with E-state index in [0.717, 1.165) is 51.1 Å². The monoisotopic (exact) mass is 575 g/mol. The first kappa shape index (κ1) is 29.4. The summed E-state index contributed by atoms with van der Waals surface area (Å²) in [6.45, 7) is 11.1. The smallest absolute Gasteiger partial charge is 0.263 e. The van der Waals surface area contributed by atoms with Crippen LogP contribution in [0.15, 0.2) is 36.5 Å². The van der Waals surface area contributed by atoms with Gasteiger partial charge >= 0.3 is 0 Å². The molecule has 0 spiro atoms. The average Bonchev–Trinajstić information content (AvgIpc) is 3.18. The third kappa shape index (κ3) is 7.16. The number of pyridine rings is 1. The number of anilines is 1. The van der Waals surface area contributed by atoms with Crippen LogP contribution in [0.25, 0.3) is 0 Å². The predicted octanol–water partition coefficient (Wildman–Crippen LogP) is 4.93. The molecule has 2 saturated heterocycles. The fourth-order valence-electron chi connectivity index (χ4n) is 5.55. The number of ether oxygens (including phenoxy) is 1. The average molecular weight is 577 g/mol. The summed E-state index contributed by atoms with van der Waals surface area (Å²) >= 11 is 12.2. The molecule has 2 aliphatic rings. The summed E-state index contributed by atoms with van der Waals surface area (Å²) < 4.78 is 5.97. The van der Waals surface area contributed by atoms with Crippen molar-refractivity contribution in [1.82, 2.24) is 20.5 Å². The van der Waals surface area contributed by atoms with Crippen molar-refractivity contribution in [2.24, 2.45) is 0 Å². The van der Waals surface area contributed by atoms with Crippen molar-refractivity contribution in [2.45, 2.75) is 77.1 Å². The van der Waals surface area contributed by atoms with Gasteiger partial charge in [-0.1, -0.05) is 37.0 Å². The Morgan fingerprint density at radius 2 is 1.79 bits per heavy atom. The maximum absolute atomic E-state index is 13.2. The van der Waals surface area contributed by atoms with Gasteiger partial charge in [0, 0.05) is 42.4 Å². The van der Waals surface area contributed by atoms with Gasteiger partial charge in [0.2, 0.25) is 0 Å². The molecule has 2 aliphatic heterocycles. The van der Waals surface area contributed by atoms with Crippen LogP contribution in [-0.2, 0) is 4.79 Å². The Bertz CT molecular complexity index is 1140. The molecule has 3 heterocycles. The van der Waals surface area contributed by atoms with E-state index in [-0.39, 0.29) is 29.9 Å². The Morgan fingerprint density at radius 3 is 2.38 bits per heavy atom. The van der Waals surface area contributed by atoms with Crippen molar-refractivity contribution in [3.8, 4) is 5.75 Å². The van der Waals surface area contributed by atoms with Crippen molar-refractivity contribution in [3.05, 3.63) is 52.1 Å². The molecule has 4 rings (SSSR count). The number of carbonyl (C=O) groups excluding carboxylic acids is 2. The van der Waals surface area contributed by atoms with E-state index in [1.165, 1.54) is 0 Å². The Hall–Kier alpha value is -2.55. The molecule has 1 aromatic carbocycles. The number of rotatable bonds is 11. The van der Waals surface area contributed by atoms with Gasteiger partial charge in [-0.25, -0.2) is 4.98 Å². The lowest BCUT2D eigenvalue weighted by Crippen LogP contribution is -2.55. The second kappa shape index (κ2) is 12.7. The summed E-state index contributed by atoms with van der Waals surface area (Å²) in [6.07, 6.45) is 5.42. The van der Waals surface area contributed by atoms with Gasteiger partial charge in [0.05, 0.1) is 10.6 Å². The molecule has 8 nitrogen and oxygen atoms in total. The van der Waals surface area contributed by atoms with Gasteiger partial charge in [-0.2, -0.15) is 0 Å². The predicted molar refractivity (Wildman–Crippen MR) is 156 cm³/mol. The van der Waals surface area contributed by atoms with E-state index in [1.807, 2.05) is 12.1 Å². The van der Waals surface area contributed by atoms with Crippen LogP contribution in [0.5, 0.6) is 5.75 Å². The molecule has 0 aliphatic carbocycles. The van der Waals surface area contributed by atoms with Gasteiger partial charge in [0.25, 0.3) is 11.8 Å². The number of aromatic nitrogens is 1. The number of hydrogen-bond donors (Lipinski definition) is 2. The molecule has 2 bridgehead atoms. The minimum absolute atomic E-state index is 0.0469. The highest BCUT2D eigenvalue weighted by Crippen LogP contribution is 2.39. The summed E-state index contributed by atoms with van der Waals surface area (Å²) in [5.41, 5.74) is -0.535. The second-order valence-electron chi connectivity index (χ2n) is 10.8. The minimum atomic E-state index is -1.10. The Labute approximate surface area is 241 Å². The van der Waals surface area contributed by atoms with Crippen LogP contribution in [0.1, 0.15) is 63.7 Å². The number of halogens is 2. The van der Waals surface area contributed by atoms with Crippen LogP contribution < -0.4 is 20.3 Å². The molecular weight excluding hydrogens is 537 g/mol. The summed E-state index contributed by atoms with van der Waals surface area (Å²) in [7, 11) is 0. The molecule has 2 N–H and O–H groups in total. The standard InChI is InChI=1S/C29H39Cl2N5O3/c1-5-35(6-2)14-13-32-27(37)19-7-12-26(33-18-19)36-22-9-10-23(36)17-21(16-22)34-28(38)29(3,4)39-25-11-8-20(30)15-24(25)31/h7-8,11-12,15,18,21-23H,5-6,9-10,13-14,16-17H2,1-4H3,(H,32,37)(H,34,38)/t21-,22+,23-. The van der Waals surface area contributed by atoms with E-state index in [0.29, 0.717) is 27.9 Å². The van der Waals surface area contributed by atoms with E-state index in [2.05, 4.69) is 39.3 Å². The molecule has 2 amide bonds. The van der Waals surface area contributed by atoms with Gasteiger partial charge in [-0.15, -0.1) is 0 Å². The first-order chi connectivity index (χ1) is 18.6. The zero-order chi connectivity index (χ0) is 28.2. The number of carbonyl (C=O) groups is 2. The largest absolute Gasteiger partial charge is 0.476 e. The van der Waals surface area contributed by atoms with E-state index in [1.54, 1.807) is 38.2 Å². The van der Waals surface area contributed by atoms with Crippen LogP contribution in [0.2, 0.25) is 10.0 Å². The molecule has 0 radical (unpaired) electrons. The molecule has 0 saturated carbocycles. The number of nitrogens with zero attached hydrogens (tertiary/aromatic N) is 3. The number of nitrogens with one attached hydrogen (secondary N) is 2. The first-order valence-corrected chi connectivity index (χ1v) is 14.6. The normalized spacial score (nSPS) is 20.7. The lowest BCUT2D eigenvalue weighted by atomic mass is 9.96. The maximum atomic E-state index is 13.2. The van der Waals surface area contributed by atoms with Crippen LogP contribution in [0.3, 0.4) is 0 Å². The third-order valence-corrected chi connectivity index (χ3v) is 8.29. The summed E-state index contributed by atoms with van der Waals surface area (Å²) in [5.74, 6) is 1.02. The summed E-state index contributed by atoms with van der Waals surface area (Å²) in [6, 6.07) is 9.36. The van der Waals surface area contributed by atoms with Crippen molar-refractivity contribution >= 4 is 40.8 Å². The van der Waals surface area contributed by atoms with Gasteiger partial charge < -0.3 is 25.2 Å². The van der Waals surface area contributed by atoms with Crippen molar-refractivity contribution in [2.75, 3.05) is 31.1 Å². The SMILES string of the molecule is CCN(CC)CCNC(=O)c1ccc(N2[C@@H]3CC[C@H]2C[C@@H](NC(=O)C(C)(C)Oc2ccc(Cl)cc2Cl)C3)nc1. The Morgan fingerprint density at radius 1 is 1.10 bits per heavy atom. The van der Waals surface area contributed by atoms with Crippen LogP contribution >= 0.6 is 23.2 Å². The number of amides is 2. The van der Waals surface area contributed by atoms with E-state index < -0.39 is 5.60 Å². The molecule has 212 valence electrons. The summed E-state index contributed by atoms with van der Waals surface area (Å²) in [4.78, 5) is 35.0. The highest BCUT2D eigenvalue weighted by Gasteiger charge is 2.43. The Balaban J connectivity index is 1.32. The molecule has 39 heavy (non-hydrogen) atoms. The molecule has 10 heteroatoms. The van der Waals surface area contributed by atoms with E-state index in [9.17, 15) is 9.59 Å². The zero-order valence-electron chi connectivity index (χ0n) is 23.2. The van der Waals surface area contributed by atoms with Crippen molar-refractivity contribution < 1.29 is 14.3 Å². The lowest BCUT2D eigenvalue weighted by molar-refractivity contribution is -0.135. The first-order valence-electron chi connectivity index (χ1n) is 13.8. The Kier molecular flexibility index (Phi) is 9.62. The number of benzene rings is 1. The number of piperidine rings is 1. The highest BCUT2D eigenvalue weighted by atomic mass is 35.5. The van der Waals surface area contributed by atoms with Crippen LogP contribution in [0, 0.1) is 0 Å². The van der Waals surface area contributed by atoms with Crippen molar-refractivity contribution in [1.29, 1.82) is 0 Å². The van der Waals surface area contributed by atoms with Gasteiger partial charge in [0.1, 0.15) is 11.6 Å². The number of fused-ring (bicyclic) bond motifs is 2. The second-order valence-corrected chi connectivity index (χ2v) is 11.7. The number of likely N-dealkylation sites (N-methyl/N-ethyl adjacent to an activating group) is 1. The molecule has 0 unspecified atom stereocenters. The molecule has 3 atom stereocenters. The minimum Gasteiger partial charge on any atom is -0.476 e. The molecular formula is C29H39Cl2N5O3. The number of hydrogen-bond acceptors (Lipinski definition) is 6.